The molecule has 0 radical (unpaired) electrons. The van der Waals surface area contributed by atoms with Crippen LogP contribution in [-0.2, 0) is 19.1 Å². The molecule has 0 aliphatic carbocycles. The Morgan fingerprint density at radius 1 is 1.04 bits per heavy atom. The highest BCUT2D eigenvalue weighted by molar-refractivity contribution is 5.98. The molecule has 0 saturated heterocycles. The molecule has 7 nitrogen and oxygen atoms in total. The topological polar surface area (TPSA) is 105 Å². The van der Waals surface area contributed by atoms with Crippen molar-refractivity contribution in [3.05, 3.63) is 59.7 Å². The lowest BCUT2D eigenvalue weighted by Crippen LogP contribution is -2.30. The molecule has 0 fully saturated rings. The molecule has 2 rings (SSSR count). The minimum Gasteiger partial charge on any atom is -0.469 e. The summed E-state index contributed by atoms with van der Waals surface area (Å²) in [6.45, 7) is -0.164. The average molecular weight is 380 g/mol. The van der Waals surface area contributed by atoms with Crippen molar-refractivity contribution in [3.8, 4) is 17.2 Å². The highest BCUT2D eigenvalue weighted by atomic mass is 16.5. The molecule has 1 N–H and O–H groups in total. The second kappa shape index (κ2) is 10.5. The van der Waals surface area contributed by atoms with E-state index in [2.05, 4.69) is 16.1 Å². The molecule has 7 heteroatoms. The Bertz CT molecular complexity index is 902. The largest absolute Gasteiger partial charge is 0.469 e. The first-order valence-corrected chi connectivity index (χ1v) is 8.66. The molecule has 0 spiro atoms. The maximum absolute atomic E-state index is 12.5. The quantitative estimate of drug-likeness (QED) is 0.557. The van der Waals surface area contributed by atoms with E-state index in [-0.39, 0.29) is 24.5 Å². The fourth-order valence-corrected chi connectivity index (χ4v) is 2.53. The van der Waals surface area contributed by atoms with Crippen molar-refractivity contribution < 1.29 is 23.9 Å². The number of hydrogen-bond donors (Lipinski definition) is 1. The van der Waals surface area contributed by atoms with Gasteiger partial charge in [-0.1, -0.05) is 36.4 Å². The molecule has 0 atom stereocenters. The zero-order valence-electron chi connectivity index (χ0n) is 15.4. The molecular weight excluding hydrogens is 360 g/mol. The Labute approximate surface area is 162 Å². The van der Waals surface area contributed by atoms with Crippen LogP contribution in [0, 0.1) is 11.3 Å². The Balaban J connectivity index is 1.98. The van der Waals surface area contributed by atoms with Gasteiger partial charge in [0.25, 0.3) is 5.91 Å². The van der Waals surface area contributed by atoms with Gasteiger partial charge in [-0.3, -0.25) is 9.59 Å². The first-order chi connectivity index (χ1) is 13.6. The number of hydrogen-bond acceptors (Lipinski definition) is 6. The van der Waals surface area contributed by atoms with Gasteiger partial charge in [0.1, 0.15) is 0 Å². The van der Waals surface area contributed by atoms with Crippen molar-refractivity contribution >= 4 is 17.8 Å². The van der Waals surface area contributed by atoms with E-state index in [0.717, 1.165) is 0 Å². The fraction of sp³-hybridized carbons (Fsp3) is 0.238. The van der Waals surface area contributed by atoms with Crippen LogP contribution in [-0.4, -0.2) is 38.1 Å². The summed E-state index contributed by atoms with van der Waals surface area (Å²) in [6.07, 6.45) is 0.627. The van der Waals surface area contributed by atoms with E-state index in [4.69, 9.17) is 4.74 Å². The van der Waals surface area contributed by atoms with Crippen molar-refractivity contribution in [2.24, 2.45) is 0 Å². The summed E-state index contributed by atoms with van der Waals surface area (Å²) in [5.74, 6) is -1.48. The number of nitriles is 1. The predicted octanol–water partition coefficient (Wildman–Crippen LogP) is 2.45. The predicted molar refractivity (Wildman–Crippen MR) is 101 cm³/mol. The van der Waals surface area contributed by atoms with Gasteiger partial charge in [0, 0.05) is 18.5 Å². The van der Waals surface area contributed by atoms with E-state index in [1.807, 2.05) is 0 Å². The average Bonchev–Trinajstić information content (AvgIpc) is 2.74. The minimum absolute atomic E-state index is 0.197. The van der Waals surface area contributed by atoms with Gasteiger partial charge >= 0.3 is 11.9 Å². The number of benzene rings is 2. The molecule has 0 heterocycles. The lowest BCUT2D eigenvalue weighted by Gasteiger charge is -2.11. The monoisotopic (exact) mass is 380 g/mol. The third kappa shape index (κ3) is 5.68. The lowest BCUT2D eigenvalue weighted by molar-refractivity contribution is -0.140. The molecular formula is C21H20N2O5. The van der Waals surface area contributed by atoms with Gasteiger partial charge in [-0.05, 0) is 24.1 Å². The zero-order valence-corrected chi connectivity index (χ0v) is 15.4. The molecule has 144 valence electrons. The Kier molecular flexibility index (Phi) is 7.73. The number of carbonyl (C=O) groups is 3. The molecule has 0 saturated carbocycles. The van der Waals surface area contributed by atoms with Gasteiger partial charge < -0.3 is 14.8 Å². The molecule has 0 aromatic heterocycles. The number of amides is 1. The molecule has 28 heavy (non-hydrogen) atoms. The summed E-state index contributed by atoms with van der Waals surface area (Å²) in [6, 6.07) is 15.8. The third-order valence-electron chi connectivity index (χ3n) is 3.93. The van der Waals surface area contributed by atoms with Gasteiger partial charge in [0.2, 0.25) is 0 Å². The maximum Gasteiger partial charge on any atom is 0.339 e. The van der Waals surface area contributed by atoms with Crippen molar-refractivity contribution in [2.45, 2.75) is 12.8 Å². The number of ether oxygens (including phenoxy) is 2. The first kappa shape index (κ1) is 20.6. The van der Waals surface area contributed by atoms with Crippen LogP contribution in [0.15, 0.2) is 48.5 Å². The SMILES string of the molecule is COC(=O)CCCNC(=O)COC(=O)c1ccccc1-c1ccccc1C#N. The zero-order chi connectivity index (χ0) is 20.4. The molecule has 0 aliphatic rings. The number of nitrogens with zero attached hydrogens (tertiary/aromatic N) is 1. The van der Waals surface area contributed by atoms with Crippen LogP contribution in [0.3, 0.4) is 0 Å². The van der Waals surface area contributed by atoms with E-state index < -0.39 is 18.5 Å². The fourth-order valence-electron chi connectivity index (χ4n) is 2.53. The Morgan fingerprint density at radius 3 is 2.43 bits per heavy atom. The Morgan fingerprint density at radius 2 is 1.71 bits per heavy atom. The van der Waals surface area contributed by atoms with Crippen LogP contribution in [0.2, 0.25) is 0 Å². The first-order valence-electron chi connectivity index (χ1n) is 8.66. The molecule has 0 unspecified atom stereocenters. The van der Waals surface area contributed by atoms with Crippen molar-refractivity contribution in [1.82, 2.24) is 5.32 Å². The second-order valence-corrected chi connectivity index (χ2v) is 5.81. The summed E-state index contributed by atoms with van der Waals surface area (Å²) < 4.78 is 9.61. The van der Waals surface area contributed by atoms with Crippen LogP contribution >= 0.6 is 0 Å². The molecule has 0 bridgehead atoms. The number of methoxy groups -OCH3 is 1. The van der Waals surface area contributed by atoms with Crippen molar-refractivity contribution in [3.63, 3.8) is 0 Å². The highest BCUT2D eigenvalue weighted by Gasteiger charge is 2.17. The van der Waals surface area contributed by atoms with Crippen molar-refractivity contribution in [2.75, 3.05) is 20.3 Å². The van der Waals surface area contributed by atoms with Gasteiger partial charge in [-0.2, -0.15) is 5.26 Å². The van der Waals surface area contributed by atoms with E-state index in [1.54, 1.807) is 48.5 Å². The molecule has 1 amide bonds. The number of nitrogens with one attached hydrogen (secondary N) is 1. The summed E-state index contributed by atoms with van der Waals surface area (Å²) in [5.41, 5.74) is 1.88. The summed E-state index contributed by atoms with van der Waals surface area (Å²) in [7, 11) is 1.30. The summed E-state index contributed by atoms with van der Waals surface area (Å²) in [5, 5.41) is 11.9. The van der Waals surface area contributed by atoms with Crippen LogP contribution in [0.25, 0.3) is 11.1 Å². The van der Waals surface area contributed by atoms with E-state index in [1.165, 1.54) is 7.11 Å². The van der Waals surface area contributed by atoms with Gasteiger partial charge in [0.05, 0.1) is 24.3 Å². The number of rotatable bonds is 8. The van der Waals surface area contributed by atoms with Crippen LogP contribution in [0.1, 0.15) is 28.8 Å². The van der Waals surface area contributed by atoms with E-state index in [9.17, 15) is 19.6 Å². The van der Waals surface area contributed by atoms with Crippen molar-refractivity contribution in [1.29, 1.82) is 5.26 Å². The Hall–Kier alpha value is -3.66. The van der Waals surface area contributed by atoms with E-state index in [0.29, 0.717) is 23.1 Å². The highest BCUT2D eigenvalue weighted by Crippen LogP contribution is 2.27. The molecule has 2 aromatic rings. The lowest BCUT2D eigenvalue weighted by atomic mass is 9.96. The smallest absolute Gasteiger partial charge is 0.339 e. The third-order valence-corrected chi connectivity index (χ3v) is 3.93. The normalized spacial score (nSPS) is 9.86. The minimum atomic E-state index is -0.659. The van der Waals surface area contributed by atoms with Gasteiger partial charge in [-0.25, -0.2) is 4.79 Å². The van der Waals surface area contributed by atoms with Gasteiger partial charge in [0.15, 0.2) is 6.61 Å². The summed E-state index contributed by atoms with van der Waals surface area (Å²) >= 11 is 0. The number of carbonyl (C=O) groups excluding carboxylic acids is 3. The van der Waals surface area contributed by atoms with E-state index >= 15 is 0 Å². The number of esters is 2. The van der Waals surface area contributed by atoms with Crippen LogP contribution in [0.5, 0.6) is 0 Å². The molecule has 0 aliphatic heterocycles. The molecule has 2 aromatic carbocycles. The van der Waals surface area contributed by atoms with Crippen LogP contribution < -0.4 is 5.32 Å². The van der Waals surface area contributed by atoms with Crippen LogP contribution in [0.4, 0.5) is 0 Å². The maximum atomic E-state index is 12.5. The second-order valence-electron chi connectivity index (χ2n) is 5.81. The summed E-state index contributed by atoms with van der Waals surface area (Å²) in [4.78, 5) is 35.3. The standard InChI is InChI=1S/C21H20N2O5/c1-27-20(25)11-6-12-23-19(24)14-28-21(26)18-10-5-4-9-17(18)16-8-3-2-7-15(16)13-22/h2-5,7-10H,6,11-12,14H2,1H3,(H,23,24). The van der Waals surface area contributed by atoms with Gasteiger partial charge in [-0.15, -0.1) is 0 Å².